The van der Waals surface area contributed by atoms with Gasteiger partial charge in [-0.3, -0.25) is 0 Å². The van der Waals surface area contributed by atoms with Crippen LogP contribution in [0.2, 0.25) is 0 Å². The first-order valence-electron chi connectivity index (χ1n) is 16.1. The molecule has 1 aromatic heterocycles. The van der Waals surface area contributed by atoms with E-state index in [0.29, 0.717) is 0 Å². The molecule has 0 bridgehead atoms. The zero-order valence-electron chi connectivity index (χ0n) is 27.5. The molecule has 7 aromatic rings. The van der Waals surface area contributed by atoms with Gasteiger partial charge in [-0.2, -0.15) is 0 Å². The summed E-state index contributed by atoms with van der Waals surface area (Å²) in [7, 11) is 0. The average molecular weight is 600 g/mol. The molecule has 230 valence electrons. The van der Waals surface area contributed by atoms with Crippen molar-refractivity contribution in [3.05, 3.63) is 189 Å². The summed E-state index contributed by atoms with van der Waals surface area (Å²) >= 11 is 0. The molecule has 6 aromatic carbocycles. The summed E-state index contributed by atoms with van der Waals surface area (Å²) in [5.74, 6) is 0. The van der Waals surface area contributed by atoms with E-state index < -0.39 is 0 Å². The van der Waals surface area contributed by atoms with Gasteiger partial charge in [-0.05, 0) is 65.9 Å². The monoisotopic (exact) mass is 599 g/mol. The Bertz CT molecular complexity index is 1990. The van der Waals surface area contributed by atoms with E-state index in [1.807, 2.05) is 32.1 Å². The molecule has 0 fully saturated rings. The highest BCUT2D eigenvalue weighted by Crippen LogP contribution is 2.42. The fourth-order valence-electron chi connectivity index (χ4n) is 5.74. The van der Waals surface area contributed by atoms with E-state index in [4.69, 9.17) is 0 Å². The summed E-state index contributed by atoms with van der Waals surface area (Å²) in [5, 5.41) is 5.14. The van der Waals surface area contributed by atoms with Gasteiger partial charge >= 0.3 is 0 Å². The Balaban J connectivity index is 0.000000253. The lowest BCUT2D eigenvalue weighted by molar-refractivity contribution is 1.00. The van der Waals surface area contributed by atoms with E-state index in [1.165, 1.54) is 60.5 Å². The average Bonchev–Trinajstić information content (AvgIpc) is 3.46. The Labute approximate surface area is 275 Å². The van der Waals surface area contributed by atoms with Crippen LogP contribution in [0.15, 0.2) is 177 Å². The van der Waals surface area contributed by atoms with Gasteiger partial charge in [-0.1, -0.05) is 159 Å². The van der Waals surface area contributed by atoms with E-state index >= 15 is 0 Å². The first-order valence-corrected chi connectivity index (χ1v) is 16.1. The summed E-state index contributed by atoms with van der Waals surface area (Å²) < 4.78 is 2.42. The Morgan fingerprint density at radius 3 is 1.89 bits per heavy atom. The van der Waals surface area contributed by atoms with Crippen LogP contribution in [-0.2, 0) is 6.42 Å². The molecule has 0 atom stereocenters. The summed E-state index contributed by atoms with van der Waals surface area (Å²) in [5.41, 5.74) is 8.91. The standard InChI is InChI=1S/C29H21N.C12H14.C2H6.C2H4/c1-20-15-17-21(18-16-20)28-24-12-6-5-9-22(24)19-26-25-13-7-8-14-27(25)30(29(26)28)23-10-3-2-4-11-23;1-2-3-4-6-9-12-10-7-5-8-11-12;2*1-2/h2-19H,1H3;2-5,7-8,10-11H,1,6,9H2;1-2H3;1-2H2/b;4-3-;;. The normalized spacial score (nSPS) is 10.4. The van der Waals surface area contributed by atoms with Crippen LogP contribution >= 0.6 is 0 Å². The first-order chi connectivity index (χ1) is 22.7. The minimum absolute atomic E-state index is 1.09. The molecule has 0 saturated heterocycles. The maximum Gasteiger partial charge on any atom is 0.0625 e. The number of para-hydroxylation sites is 2. The SMILES string of the molecule is C=C.C=C/C=C\CCc1ccccc1.CC.Cc1ccc(-c2c3ccccc3cc3c4ccccc4n(-c4ccccc4)c23)cc1. The lowest BCUT2D eigenvalue weighted by Gasteiger charge is -2.14. The van der Waals surface area contributed by atoms with Crippen molar-refractivity contribution in [1.82, 2.24) is 4.57 Å². The second kappa shape index (κ2) is 17.2. The number of fused-ring (bicyclic) bond motifs is 4. The number of hydrogen-bond acceptors (Lipinski definition) is 0. The maximum atomic E-state index is 3.62. The predicted molar refractivity (Wildman–Crippen MR) is 205 cm³/mol. The van der Waals surface area contributed by atoms with Crippen molar-refractivity contribution in [2.75, 3.05) is 0 Å². The van der Waals surface area contributed by atoms with Crippen LogP contribution < -0.4 is 0 Å². The van der Waals surface area contributed by atoms with Gasteiger partial charge in [0.2, 0.25) is 0 Å². The number of hydrogen-bond donors (Lipinski definition) is 0. The summed E-state index contributed by atoms with van der Waals surface area (Å²) in [6.07, 6.45) is 8.15. The van der Waals surface area contributed by atoms with Gasteiger partial charge in [0.1, 0.15) is 0 Å². The van der Waals surface area contributed by atoms with E-state index in [0.717, 1.165) is 12.8 Å². The van der Waals surface area contributed by atoms with Crippen LogP contribution in [0.5, 0.6) is 0 Å². The third-order valence-electron chi connectivity index (χ3n) is 7.75. The molecule has 46 heavy (non-hydrogen) atoms. The molecule has 1 heteroatoms. The second-order valence-electron chi connectivity index (χ2n) is 10.6. The highest BCUT2D eigenvalue weighted by Gasteiger charge is 2.19. The second-order valence-corrected chi connectivity index (χ2v) is 10.6. The number of aryl methyl sites for hydroxylation is 2. The summed E-state index contributed by atoms with van der Waals surface area (Å²) in [6, 6.07) is 49.9. The van der Waals surface area contributed by atoms with Gasteiger partial charge in [0.05, 0.1) is 11.0 Å². The third kappa shape index (κ3) is 7.62. The molecular formula is C45H45N. The van der Waals surface area contributed by atoms with Gasteiger partial charge in [-0.15, -0.1) is 13.2 Å². The molecule has 0 amide bonds. The largest absolute Gasteiger partial charge is 0.309 e. The van der Waals surface area contributed by atoms with Crippen LogP contribution in [0.4, 0.5) is 0 Å². The van der Waals surface area contributed by atoms with E-state index in [-0.39, 0.29) is 0 Å². The van der Waals surface area contributed by atoms with E-state index in [1.54, 1.807) is 0 Å². The van der Waals surface area contributed by atoms with Crippen LogP contribution in [-0.4, -0.2) is 4.57 Å². The molecule has 0 N–H and O–H groups in total. The zero-order chi connectivity index (χ0) is 32.7. The van der Waals surface area contributed by atoms with Crippen LogP contribution in [0.25, 0.3) is 49.4 Å². The van der Waals surface area contributed by atoms with Gasteiger partial charge in [0, 0.05) is 22.0 Å². The first kappa shape index (κ1) is 33.5. The van der Waals surface area contributed by atoms with Crippen molar-refractivity contribution in [3.63, 3.8) is 0 Å². The van der Waals surface area contributed by atoms with Crippen LogP contribution in [0, 0.1) is 6.92 Å². The number of rotatable bonds is 6. The fourth-order valence-corrected chi connectivity index (χ4v) is 5.74. The molecule has 0 aliphatic carbocycles. The fraction of sp³-hybridized carbons (Fsp3) is 0.111. The summed E-state index contributed by atoms with van der Waals surface area (Å²) in [6.45, 7) is 15.8. The molecule has 7 rings (SSSR count). The molecule has 1 nitrogen and oxygen atoms in total. The predicted octanol–water partition coefficient (Wildman–Crippen LogP) is 13.1. The van der Waals surface area contributed by atoms with Gasteiger partial charge < -0.3 is 4.57 Å². The molecular weight excluding hydrogens is 555 g/mol. The minimum atomic E-state index is 1.09. The molecule has 0 aliphatic rings. The molecule has 0 aliphatic heterocycles. The molecule has 0 unspecified atom stereocenters. The number of allylic oxidation sites excluding steroid dienone is 3. The highest BCUT2D eigenvalue weighted by molar-refractivity contribution is 6.21. The Hall–Kier alpha value is -5.40. The number of benzene rings is 6. The number of nitrogens with zero attached hydrogens (tertiary/aromatic N) is 1. The van der Waals surface area contributed by atoms with Gasteiger partial charge in [0.15, 0.2) is 0 Å². The molecule has 0 radical (unpaired) electrons. The quantitative estimate of drug-likeness (QED) is 0.132. The van der Waals surface area contributed by atoms with Crippen molar-refractivity contribution in [2.45, 2.75) is 33.6 Å². The minimum Gasteiger partial charge on any atom is -0.309 e. The van der Waals surface area contributed by atoms with Crippen molar-refractivity contribution < 1.29 is 0 Å². The van der Waals surface area contributed by atoms with Crippen LogP contribution in [0.3, 0.4) is 0 Å². The Kier molecular flexibility index (Phi) is 12.5. The summed E-state index contributed by atoms with van der Waals surface area (Å²) in [4.78, 5) is 0. The lowest BCUT2D eigenvalue weighted by atomic mass is 9.94. The zero-order valence-corrected chi connectivity index (χ0v) is 27.5. The lowest BCUT2D eigenvalue weighted by Crippen LogP contribution is -1.96. The maximum absolute atomic E-state index is 3.62. The van der Waals surface area contributed by atoms with E-state index in [2.05, 4.69) is 171 Å². The Morgan fingerprint density at radius 1 is 0.630 bits per heavy atom. The van der Waals surface area contributed by atoms with Crippen molar-refractivity contribution in [3.8, 4) is 16.8 Å². The molecule has 1 heterocycles. The van der Waals surface area contributed by atoms with Gasteiger partial charge in [-0.25, -0.2) is 0 Å². The smallest absolute Gasteiger partial charge is 0.0625 e. The highest BCUT2D eigenvalue weighted by atomic mass is 15.0. The van der Waals surface area contributed by atoms with Crippen molar-refractivity contribution in [2.24, 2.45) is 0 Å². The number of aromatic nitrogens is 1. The van der Waals surface area contributed by atoms with Crippen molar-refractivity contribution in [1.29, 1.82) is 0 Å². The van der Waals surface area contributed by atoms with Crippen LogP contribution in [0.1, 0.15) is 31.4 Å². The third-order valence-corrected chi connectivity index (χ3v) is 7.75. The van der Waals surface area contributed by atoms with Gasteiger partial charge in [0.25, 0.3) is 0 Å². The Morgan fingerprint density at radius 2 is 1.22 bits per heavy atom. The topological polar surface area (TPSA) is 4.93 Å². The molecule has 0 saturated carbocycles. The molecule has 0 spiro atoms. The van der Waals surface area contributed by atoms with E-state index in [9.17, 15) is 0 Å². The van der Waals surface area contributed by atoms with Crippen molar-refractivity contribution >= 4 is 32.6 Å².